The Morgan fingerprint density at radius 1 is 1.14 bits per heavy atom. The molecule has 2 N–H and O–H groups in total. The molecule has 3 heteroatoms. The third kappa shape index (κ3) is 3.76. The fraction of sp³-hybridized carbons (Fsp3) is 0.333. The van der Waals surface area contributed by atoms with Crippen molar-refractivity contribution in [1.82, 2.24) is 5.32 Å². The number of aromatic hydroxyl groups is 1. The average molecular weight is 283 g/mol. The number of phenolic OH excluding ortho intramolecular Hbond substituents is 1. The molecule has 1 heterocycles. The van der Waals surface area contributed by atoms with Crippen LogP contribution in [0.1, 0.15) is 17.5 Å². The molecule has 0 spiro atoms. The number of aryl methyl sites for hydroxylation is 1. The van der Waals surface area contributed by atoms with E-state index in [0.717, 1.165) is 38.1 Å². The Hall–Kier alpha value is -2.00. The van der Waals surface area contributed by atoms with Crippen molar-refractivity contribution in [1.29, 1.82) is 0 Å². The van der Waals surface area contributed by atoms with Crippen LogP contribution in [-0.4, -0.2) is 24.3 Å². The smallest absolute Gasteiger partial charge is 0.126 e. The molecule has 2 aromatic carbocycles. The second-order valence-corrected chi connectivity index (χ2v) is 5.51. The summed E-state index contributed by atoms with van der Waals surface area (Å²) in [5.41, 5.74) is 2.54. The standard InChI is InChI=1S/C18H21NO2/c20-16-8-6-15-7-9-17(21-18(15)12-16)13-19-11-10-14-4-2-1-3-5-14/h1-6,8,12,17,19-20H,7,9-11,13H2. The highest BCUT2D eigenvalue weighted by Gasteiger charge is 2.19. The van der Waals surface area contributed by atoms with Crippen molar-refractivity contribution in [2.75, 3.05) is 13.1 Å². The van der Waals surface area contributed by atoms with Crippen LogP contribution >= 0.6 is 0 Å². The minimum absolute atomic E-state index is 0.190. The number of nitrogens with one attached hydrogen (secondary N) is 1. The van der Waals surface area contributed by atoms with Crippen molar-refractivity contribution in [3.8, 4) is 11.5 Å². The highest BCUT2D eigenvalue weighted by molar-refractivity contribution is 5.41. The molecule has 21 heavy (non-hydrogen) atoms. The Balaban J connectivity index is 1.45. The first kappa shape index (κ1) is 14.0. The first-order valence-electron chi connectivity index (χ1n) is 7.54. The molecule has 0 radical (unpaired) electrons. The lowest BCUT2D eigenvalue weighted by atomic mass is 10.0. The summed E-state index contributed by atoms with van der Waals surface area (Å²) in [6.07, 6.45) is 3.26. The van der Waals surface area contributed by atoms with Crippen LogP contribution in [0, 0.1) is 0 Å². The summed E-state index contributed by atoms with van der Waals surface area (Å²) >= 11 is 0. The molecule has 0 saturated carbocycles. The predicted molar refractivity (Wildman–Crippen MR) is 83.9 cm³/mol. The minimum Gasteiger partial charge on any atom is -0.508 e. The molecule has 110 valence electrons. The largest absolute Gasteiger partial charge is 0.508 e. The molecule has 2 aromatic rings. The van der Waals surface area contributed by atoms with Crippen molar-refractivity contribution in [2.45, 2.75) is 25.4 Å². The van der Waals surface area contributed by atoms with Gasteiger partial charge < -0.3 is 15.2 Å². The number of rotatable bonds is 5. The normalized spacial score (nSPS) is 17.0. The lowest BCUT2D eigenvalue weighted by molar-refractivity contribution is 0.170. The van der Waals surface area contributed by atoms with Crippen LogP contribution in [0.5, 0.6) is 11.5 Å². The third-order valence-corrected chi connectivity index (χ3v) is 3.89. The molecule has 0 bridgehead atoms. The maximum absolute atomic E-state index is 9.52. The Morgan fingerprint density at radius 3 is 2.86 bits per heavy atom. The van der Waals surface area contributed by atoms with E-state index in [1.54, 1.807) is 12.1 Å². The van der Waals surface area contributed by atoms with E-state index >= 15 is 0 Å². The molecule has 1 aliphatic heterocycles. The lowest BCUT2D eigenvalue weighted by Gasteiger charge is -2.26. The van der Waals surface area contributed by atoms with E-state index in [-0.39, 0.29) is 11.9 Å². The second kappa shape index (κ2) is 6.64. The van der Waals surface area contributed by atoms with Gasteiger partial charge >= 0.3 is 0 Å². The van der Waals surface area contributed by atoms with Gasteiger partial charge in [0.1, 0.15) is 17.6 Å². The summed E-state index contributed by atoms with van der Waals surface area (Å²) in [6.45, 7) is 1.80. The van der Waals surface area contributed by atoms with Gasteiger partial charge in [-0.3, -0.25) is 0 Å². The number of ether oxygens (including phenoxy) is 1. The summed E-state index contributed by atoms with van der Waals surface area (Å²) in [6, 6.07) is 15.9. The molecule has 0 amide bonds. The summed E-state index contributed by atoms with van der Waals surface area (Å²) < 4.78 is 5.94. The Morgan fingerprint density at radius 2 is 2.00 bits per heavy atom. The second-order valence-electron chi connectivity index (χ2n) is 5.51. The molecule has 1 aliphatic rings. The van der Waals surface area contributed by atoms with Gasteiger partial charge in [0, 0.05) is 12.6 Å². The van der Waals surface area contributed by atoms with Crippen LogP contribution in [0.15, 0.2) is 48.5 Å². The Kier molecular flexibility index (Phi) is 4.41. The third-order valence-electron chi connectivity index (χ3n) is 3.89. The van der Waals surface area contributed by atoms with Gasteiger partial charge in [0.15, 0.2) is 0 Å². The van der Waals surface area contributed by atoms with Gasteiger partial charge in [-0.1, -0.05) is 36.4 Å². The first-order valence-corrected chi connectivity index (χ1v) is 7.54. The summed E-state index contributed by atoms with van der Waals surface area (Å²) in [5.74, 6) is 1.10. The van der Waals surface area contributed by atoms with Crippen LogP contribution in [-0.2, 0) is 12.8 Å². The summed E-state index contributed by atoms with van der Waals surface area (Å²) in [5, 5.41) is 13.0. The van der Waals surface area contributed by atoms with Crippen molar-refractivity contribution in [3.63, 3.8) is 0 Å². The maximum atomic E-state index is 9.52. The van der Waals surface area contributed by atoms with Crippen LogP contribution in [0.4, 0.5) is 0 Å². The maximum Gasteiger partial charge on any atom is 0.126 e. The van der Waals surface area contributed by atoms with Gasteiger partial charge in [0.2, 0.25) is 0 Å². The monoisotopic (exact) mass is 283 g/mol. The predicted octanol–water partition coefficient (Wildman–Crippen LogP) is 2.92. The first-order chi connectivity index (χ1) is 10.3. The minimum atomic E-state index is 0.190. The SMILES string of the molecule is Oc1ccc2c(c1)OC(CNCCc1ccccc1)CC2. The molecular weight excluding hydrogens is 262 g/mol. The van der Waals surface area contributed by atoms with E-state index in [2.05, 4.69) is 29.6 Å². The Bertz CT molecular complexity index is 583. The zero-order valence-electron chi connectivity index (χ0n) is 12.1. The van der Waals surface area contributed by atoms with Crippen molar-refractivity contribution >= 4 is 0 Å². The summed E-state index contributed by atoms with van der Waals surface area (Å²) in [4.78, 5) is 0. The van der Waals surface area contributed by atoms with Crippen LogP contribution in [0.2, 0.25) is 0 Å². The van der Waals surface area contributed by atoms with E-state index < -0.39 is 0 Å². The molecule has 1 unspecified atom stereocenters. The fourth-order valence-corrected chi connectivity index (χ4v) is 2.70. The van der Waals surface area contributed by atoms with Gasteiger partial charge in [0.25, 0.3) is 0 Å². The molecule has 0 saturated heterocycles. The topological polar surface area (TPSA) is 41.5 Å². The molecule has 3 rings (SSSR count). The van der Waals surface area contributed by atoms with E-state index in [0.29, 0.717) is 0 Å². The van der Waals surface area contributed by atoms with Crippen molar-refractivity contribution in [3.05, 3.63) is 59.7 Å². The molecule has 0 fully saturated rings. The van der Waals surface area contributed by atoms with E-state index in [4.69, 9.17) is 4.74 Å². The number of phenols is 1. The quantitative estimate of drug-likeness (QED) is 0.829. The van der Waals surface area contributed by atoms with Crippen molar-refractivity contribution in [2.24, 2.45) is 0 Å². The lowest BCUT2D eigenvalue weighted by Crippen LogP contribution is -2.35. The van der Waals surface area contributed by atoms with Crippen LogP contribution in [0.25, 0.3) is 0 Å². The molecule has 1 atom stereocenters. The van der Waals surface area contributed by atoms with Crippen LogP contribution in [0.3, 0.4) is 0 Å². The molecular formula is C18H21NO2. The van der Waals surface area contributed by atoms with Gasteiger partial charge in [-0.2, -0.15) is 0 Å². The Labute approximate surface area is 125 Å². The number of hydrogen-bond donors (Lipinski definition) is 2. The van der Waals surface area contributed by atoms with Gasteiger partial charge in [-0.15, -0.1) is 0 Å². The van der Waals surface area contributed by atoms with Gasteiger partial charge in [0.05, 0.1) is 0 Å². The van der Waals surface area contributed by atoms with E-state index in [1.807, 2.05) is 12.1 Å². The van der Waals surface area contributed by atoms with Gasteiger partial charge in [-0.25, -0.2) is 0 Å². The number of hydrogen-bond acceptors (Lipinski definition) is 3. The zero-order chi connectivity index (χ0) is 14.5. The molecule has 0 aliphatic carbocycles. The molecule has 3 nitrogen and oxygen atoms in total. The van der Waals surface area contributed by atoms with E-state index in [1.165, 1.54) is 11.1 Å². The number of benzene rings is 2. The van der Waals surface area contributed by atoms with E-state index in [9.17, 15) is 5.11 Å². The van der Waals surface area contributed by atoms with Crippen LogP contribution < -0.4 is 10.1 Å². The molecule has 0 aromatic heterocycles. The fourth-order valence-electron chi connectivity index (χ4n) is 2.70. The van der Waals surface area contributed by atoms with Gasteiger partial charge in [-0.05, 0) is 43.0 Å². The number of fused-ring (bicyclic) bond motifs is 1. The highest BCUT2D eigenvalue weighted by Crippen LogP contribution is 2.30. The highest BCUT2D eigenvalue weighted by atomic mass is 16.5. The zero-order valence-corrected chi connectivity index (χ0v) is 12.1. The average Bonchev–Trinajstić information content (AvgIpc) is 2.52. The summed E-state index contributed by atoms with van der Waals surface area (Å²) in [7, 11) is 0. The van der Waals surface area contributed by atoms with Crippen molar-refractivity contribution < 1.29 is 9.84 Å².